The van der Waals surface area contributed by atoms with Crippen molar-refractivity contribution in [3.8, 4) is 5.75 Å². The number of hydrogen-bond acceptors (Lipinski definition) is 5. The summed E-state index contributed by atoms with van der Waals surface area (Å²) in [6, 6.07) is 7.19. The van der Waals surface area contributed by atoms with Crippen molar-refractivity contribution in [2.24, 2.45) is 11.7 Å². The molecule has 2 atom stereocenters. The van der Waals surface area contributed by atoms with Crippen molar-refractivity contribution >= 4 is 11.9 Å². The summed E-state index contributed by atoms with van der Waals surface area (Å²) in [5.41, 5.74) is 6.99. The number of nitrogens with zero attached hydrogens (tertiary/aromatic N) is 3. The topological polar surface area (TPSA) is 95.1 Å². The summed E-state index contributed by atoms with van der Waals surface area (Å²) in [4.78, 5) is 16.2. The summed E-state index contributed by atoms with van der Waals surface area (Å²) in [5, 5.41) is 7.25. The van der Waals surface area contributed by atoms with E-state index in [1.165, 1.54) is 6.33 Å². The number of hydrogen-bond donors (Lipinski definition) is 2. The first-order valence-corrected chi connectivity index (χ1v) is 7.99. The average molecular weight is 327 g/mol. The molecule has 2 heterocycles. The molecule has 1 aromatic carbocycles. The van der Waals surface area contributed by atoms with E-state index in [2.05, 4.69) is 28.9 Å². The van der Waals surface area contributed by atoms with Gasteiger partial charge in [-0.1, -0.05) is 38.1 Å². The van der Waals surface area contributed by atoms with Crippen LogP contribution in [-0.4, -0.2) is 27.3 Å². The van der Waals surface area contributed by atoms with Crippen LogP contribution in [0.4, 0.5) is 5.95 Å². The number of carbonyl (C=O) groups excluding carboxylic acids is 1. The largest absolute Gasteiger partial charge is 0.493 e. The number of nitrogens with one attached hydrogen (secondary N) is 1. The van der Waals surface area contributed by atoms with Gasteiger partial charge >= 0.3 is 0 Å². The number of nitrogens with two attached hydrogens (primary N) is 1. The van der Waals surface area contributed by atoms with Crippen molar-refractivity contribution in [2.45, 2.75) is 25.8 Å². The second-order valence-electron chi connectivity index (χ2n) is 5.74. The summed E-state index contributed by atoms with van der Waals surface area (Å²) in [5.74, 6) is 0.140. The monoisotopic (exact) mass is 327 g/mol. The number of rotatable bonds is 6. The van der Waals surface area contributed by atoms with E-state index in [1.807, 2.05) is 24.3 Å². The van der Waals surface area contributed by atoms with E-state index < -0.39 is 17.9 Å². The quantitative estimate of drug-likeness (QED) is 0.792. The average Bonchev–Trinajstić information content (AvgIpc) is 3.02. The van der Waals surface area contributed by atoms with Crippen LogP contribution in [0.5, 0.6) is 5.75 Å². The van der Waals surface area contributed by atoms with Crippen molar-refractivity contribution in [3.63, 3.8) is 0 Å². The van der Waals surface area contributed by atoms with Gasteiger partial charge in [-0.3, -0.25) is 4.79 Å². The molecule has 3 rings (SSSR count). The summed E-state index contributed by atoms with van der Waals surface area (Å²) >= 11 is 0. The molecule has 3 N–H and O–H groups in total. The molecular formula is C17H21N5O2. The summed E-state index contributed by atoms with van der Waals surface area (Å²) in [7, 11) is 0. The minimum atomic E-state index is -0.643. The highest BCUT2D eigenvalue weighted by atomic mass is 16.5. The van der Waals surface area contributed by atoms with E-state index >= 15 is 0 Å². The number of primary amides is 1. The lowest BCUT2D eigenvalue weighted by Gasteiger charge is -2.33. The van der Waals surface area contributed by atoms with Gasteiger partial charge in [0.1, 0.15) is 24.0 Å². The van der Waals surface area contributed by atoms with Crippen LogP contribution < -0.4 is 15.8 Å². The van der Waals surface area contributed by atoms with E-state index in [1.54, 1.807) is 4.68 Å². The van der Waals surface area contributed by atoms with Crippen LogP contribution in [0.3, 0.4) is 0 Å². The maximum Gasteiger partial charge on any atom is 0.229 e. The third-order valence-corrected chi connectivity index (χ3v) is 4.10. The third-order valence-electron chi connectivity index (χ3n) is 4.10. The number of anilines is 1. The molecule has 2 aromatic rings. The van der Waals surface area contributed by atoms with Gasteiger partial charge in [0.2, 0.25) is 11.9 Å². The molecule has 0 spiro atoms. The fourth-order valence-electron chi connectivity index (χ4n) is 2.92. The molecule has 1 amide bonds. The second kappa shape index (κ2) is 6.74. The van der Waals surface area contributed by atoms with E-state index in [0.29, 0.717) is 18.3 Å². The lowest BCUT2D eigenvalue weighted by Crippen LogP contribution is -2.40. The van der Waals surface area contributed by atoms with E-state index in [0.717, 1.165) is 24.2 Å². The fraction of sp³-hybridized carbons (Fsp3) is 0.353. The number of amides is 1. The Balaban J connectivity index is 2.06. The predicted molar refractivity (Wildman–Crippen MR) is 90.5 cm³/mol. The Morgan fingerprint density at radius 3 is 3.00 bits per heavy atom. The van der Waals surface area contributed by atoms with Crippen LogP contribution in [-0.2, 0) is 4.79 Å². The van der Waals surface area contributed by atoms with Gasteiger partial charge in [0.25, 0.3) is 0 Å². The number of carbonyl (C=O) groups is 1. The van der Waals surface area contributed by atoms with Gasteiger partial charge in [-0.25, -0.2) is 4.68 Å². The van der Waals surface area contributed by atoms with Crippen molar-refractivity contribution in [1.82, 2.24) is 14.8 Å². The second-order valence-corrected chi connectivity index (χ2v) is 5.74. The number of benzene rings is 1. The van der Waals surface area contributed by atoms with Gasteiger partial charge < -0.3 is 15.8 Å². The summed E-state index contributed by atoms with van der Waals surface area (Å²) < 4.78 is 7.58. The zero-order valence-electron chi connectivity index (χ0n) is 13.6. The molecule has 1 aliphatic rings. The molecule has 0 unspecified atom stereocenters. The lowest BCUT2D eigenvalue weighted by atomic mass is 9.88. The summed E-state index contributed by atoms with van der Waals surface area (Å²) in [6.45, 7) is 6.67. The van der Waals surface area contributed by atoms with E-state index in [-0.39, 0.29) is 0 Å². The smallest absolute Gasteiger partial charge is 0.229 e. The predicted octanol–water partition coefficient (Wildman–Crippen LogP) is 2.09. The normalized spacial score (nSPS) is 19.5. The Labute approximate surface area is 140 Å². The zero-order valence-corrected chi connectivity index (χ0v) is 13.6. The van der Waals surface area contributed by atoms with Crippen LogP contribution in [0.15, 0.2) is 42.9 Å². The Morgan fingerprint density at radius 2 is 2.25 bits per heavy atom. The van der Waals surface area contributed by atoms with Crippen LogP contribution in [0.1, 0.15) is 31.4 Å². The van der Waals surface area contributed by atoms with Crippen LogP contribution in [0.25, 0.3) is 0 Å². The van der Waals surface area contributed by atoms with Crippen molar-refractivity contribution < 1.29 is 9.53 Å². The Bertz CT molecular complexity index is 755. The first-order chi connectivity index (χ1) is 11.6. The minimum absolute atomic E-state index is 0.438. The minimum Gasteiger partial charge on any atom is -0.493 e. The molecular weight excluding hydrogens is 306 g/mol. The van der Waals surface area contributed by atoms with Crippen molar-refractivity contribution in [3.05, 3.63) is 48.4 Å². The molecule has 24 heavy (non-hydrogen) atoms. The van der Waals surface area contributed by atoms with Crippen molar-refractivity contribution in [2.75, 3.05) is 11.9 Å². The molecule has 0 radical (unpaired) electrons. The van der Waals surface area contributed by atoms with Crippen LogP contribution in [0.2, 0.25) is 0 Å². The fourth-order valence-corrected chi connectivity index (χ4v) is 2.92. The molecule has 7 nitrogen and oxygen atoms in total. The SMILES string of the molecule is C=C1Nc2ncnn2[C@@H](c2ccccc2OCCCC)[C@@H]1C(N)=O. The van der Waals surface area contributed by atoms with E-state index in [9.17, 15) is 4.79 Å². The zero-order chi connectivity index (χ0) is 17.1. The Kier molecular flexibility index (Phi) is 4.50. The molecule has 7 heteroatoms. The van der Waals surface area contributed by atoms with Gasteiger partial charge in [0.05, 0.1) is 6.61 Å². The molecule has 0 saturated carbocycles. The Hall–Kier alpha value is -2.83. The number of fused-ring (bicyclic) bond motifs is 1. The highest BCUT2D eigenvalue weighted by molar-refractivity contribution is 5.82. The number of unbranched alkanes of at least 4 members (excludes halogenated alkanes) is 1. The Morgan fingerprint density at radius 1 is 1.46 bits per heavy atom. The molecule has 0 fully saturated rings. The summed E-state index contributed by atoms with van der Waals surface area (Å²) in [6.07, 6.45) is 3.44. The van der Waals surface area contributed by atoms with Crippen molar-refractivity contribution in [1.29, 1.82) is 0 Å². The molecule has 0 saturated heterocycles. The lowest BCUT2D eigenvalue weighted by molar-refractivity contribution is -0.121. The highest BCUT2D eigenvalue weighted by Crippen LogP contribution is 2.40. The number of ether oxygens (including phenoxy) is 1. The van der Waals surface area contributed by atoms with Gasteiger partial charge in [-0.15, -0.1) is 0 Å². The maximum absolute atomic E-state index is 12.1. The van der Waals surface area contributed by atoms with Crippen LogP contribution in [0, 0.1) is 5.92 Å². The molecule has 126 valence electrons. The number of aromatic nitrogens is 3. The van der Waals surface area contributed by atoms with Gasteiger partial charge in [0, 0.05) is 11.3 Å². The number of para-hydroxylation sites is 1. The molecule has 1 aliphatic heterocycles. The first-order valence-electron chi connectivity index (χ1n) is 7.99. The molecule has 1 aromatic heterocycles. The molecule has 0 aliphatic carbocycles. The van der Waals surface area contributed by atoms with Gasteiger partial charge in [-0.2, -0.15) is 10.1 Å². The van der Waals surface area contributed by atoms with Gasteiger partial charge in [0.15, 0.2) is 0 Å². The third kappa shape index (κ3) is 2.84. The first kappa shape index (κ1) is 16.0. The van der Waals surface area contributed by atoms with E-state index in [4.69, 9.17) is 10.5 Å². The molecule has 0 bridgehead atoms. The highest BCUT2D eigenvalue weighted by Gasteiger charge is 2.39. The maximum atomic E-state index is 12.1. The standard InChI is InChI=1S/C17H21N5O2/c1-3-4-9-24-13-8-6-5-7-12(13)15-14(16(18)23)11(2)21-17-19-10-20-22(15)17/h5-8,10,14-15H,2-4,9H2,1H3,(H2,18,23)(H,19,20,21)/t14-,15+/m1/s1. The van der Waals surface area contributed by atoms with Crippen LogP contribution >= 0.6 is 0 Å². The van der Waals surface area contributed by atoms with Gasteiger partial charge in [-0.05, 0) is 12.5 Å².